The average molecular weight is 602 g/mol. The van der Waals surface area contributed by atoms with Crippen molar-refractivity contribution in [3.05, 3.63) is 198 Å². The Morgan fingerprint density at radius 2 is 1.04 bits per heavy atom. The largest absolute Gasteiger partial charge is 0.310 e. The number of fused-ring (bicyclic) bond motifs is 14. The van der Waals surface area contributed by atoms with Gasteiger partial charge < -0.3 is 4.90 Å². The second-order valence-corrected chi connectivity index (χ2v) is 12.6. The van der Waals surface area contributed by atoms with Crippen LogP contribution in [0.4, 0.5) is 21.5 Å². The predicted octanol–water partition coefficient (Wildman–Crippen LogP) is 11.9. The lowest BCUT2D eigenvalue weighted by Gasteiger charge is -2.33. The van der Waals surface area contributed by atoms with Crippen LogP contribution in [0.25, 0.3) is 43.8 Å². The molecule has 1 spiro atoms. The Morgan fingerprint density at radius 3 is 1.79 bits per heavy atom. The molecule has 0 radical (unpaired) electrons. The Balaban J connectivity index is 1.42. The molecule has 0 atom stereocenters. The van der Waals surface area contributed by atoms with Crippen molar-refractivity contribution in [3.8, 4) is 22.3 Å². The molecule has 0 amide bonds. The third-order valence-corrected chi connectivity index (χ3v) is 10.3. The monoisotopic (exact) mass is 601 g/mol. The number of nitrogens with zero attached hydrogens (tertiary/aromatic N) is 1. The van der Waals surface area contributed by atoms with E-state index in [0.717, 1.165) is 22.4 Å². The number of halogens is 1. The molecule has 0 saturated carbocycles. The van der Waals surface area contributed by atoms with Gasteiger partial charge in [0.2, 0.25) is 0 Å². The lowest BCUT2D eigenvalue weighted by atomic mass is 9.69. The first-order valence-electron chi connectivity index (χ1n) is 16.1. The number of hydrogen-bond donors (Lipinski definition) is 0. The lowest BCUT2D eigenvalue weighted by molar-refractivity contribution is 0.628. The van der Waals surface area contributed by atoms with Crippen molar-refractivity contribution >= 4 is 38.6 Å². The van der Waals surface area contributed by atoms with Gasteiger partial charge >= 0.3 is 0 Å². The summed E-state index contributed by atoms with van der Waals surface area (Å²) < 4.78 is 15.0. The summed E-state index contributed by atoms with van der Waals surface area (Å²) in [7, 11) is 0. The molecule has 8 aromatic rings. The van der Waals surface area contributed by atoms with Crippen molar-refractivity contribution in [2.24, 2.45) is 0 Å². The summed E-state index contributed by atoms with van der Waals surface area (Å²) in [5.74, 6) is -0.261. The summed E-state index contributed by atoms with van der Waals surface area (Å²) in [6.45, 7) is 0. The third kappa shape index (κ3) is 3.47. The fourth-order valence-electron chi connectivity index (χ4n) is 8.56. The molecule has 2 aliphatic rings. The summed E-state index contributed by atoms with van der Waals surface area (Å²) in [6, 6.07) is 59.7. The SMILES string of the molecule is Fc1cccc(N(c2ccccc2)c2cc3c(c4ccccc24)-c2ccc4ccccc4c2C32c3ccccc3-c3ccccc32)c1. The Kier molecular flexibility index (Phi) is 5.45. The van der Waals surface area contributed by atoms with Crippen molar-refractivity contribution in [3.63, 3.8) is 0 Å². The second-order valence-electron chi connectivity index (χ2n) is 12.6. The van der Waals surface area contributed by atoms with Gasteiger partial charge in [-0.3, -0.25) is 0 Å². The Bertz CT molecular complexity index is 2500. The maximum atomic E-state index is 15.0. The summed E-state index contributed by atoms with van der Waals surface area (Å²) in [4.78, 5) is 2.22. The standard InChI is InChI=1S/C45H28FN/c46-30-14-12-17-32(27-30)47(31-15-2-1-3-16-31)42-28-41-43(37-22-7-6-21-36(37)42)38-26-25-29-13-4-5-18-33(29)44(38)45(41)39-23-10-8-19-34(39)35-20-9-11-24-40(35)45/h1-28H. The maximum Gasteiger partial charge on any atom is 0.125 e. The van der Waals surface area contributed by atoms with Crippen LogP contribution in [0.1, 0.15) is 22.3 Å². The summed E-state index contributed by atoms with van der Waals surface area (Å²) in [5.41, 5.74) is 12.5. The van der Waals surface area contributed by atoms with Crippen LogP contribution >= 0.6 is 0 Å². The van der Waals surface area contributed by atoms with Gasteiger partial charge in [-0.1, -0.05) is 133 Å². The van der Waals surface area contributed by atoms with Crippen LogP contribution in [0.5, 0.6) is 0 Å². The van der Waals surface area contributed by atoms with Crippen molar-refractivity contribution in [1.29, 1.82) is 0 Å². The fourth-order valence-corrected chi connectivity index (χ4v) is 8.56. The van der Waals surface area contributed by atoms with Gasteiger partial charge in [0.05, 0.1) is 11.1 Å². The van der Waals surface area contributed by atoms with Crippen LogP contribution in [0.3, 0.4) is 0 Å². The van der Waals surface area contributed by atoms with Crippen molar-refractivity contribution in [1.82, 2.24) is 0 Å². The van der Waals surface area contributed by atoms with Gasteiger partial charge in [-0.15, -0.1) is 0 Å². The molecule has 220 valence electrons. The molecule has 2 heteroatoms. The minimum absolute atomic E-state index is 0.261. The van der Waals surface area contributed by atoms with Gasteiger partial charge in [0.15, 0.2) is 0 Å². The van der Waals surface area contributed by atoms with E-state index in [-0.39, 0.29) is 5.82 Å². The molecule has 2 aliphatic carbocycles. The molecule has 0 heterocycles. The number of hydrogen-bond acceptors (Lipinski definition) is 1. The molecular weight excluding hydrogens is 574 g/mol. The predicted molar refractivity (Wildman–Crippen MR) is 192 cm³/mol. The summed E-state index contributed by atoms with van der Waals surface area (Å²) in [6.07, 6.45) is 0. The van der Waals surface area contributed by atoms with Gasteiger partial charge in [-0.25, -0.2) is 4.39 Å². The minimum atomic E-state index is -0.540. The van der Waals surface area contributed by atoms with E-state index in [9.17, 15) is 4.39 Å². The fraction of sp³-hybridized carbons (Fsp3) is 0.0222. The Morgan fingerprint density at radius 1 is 0.426 bits per heavy atom. The smallest absolute Gasteiger partial charge is 0.125 e. The lowest BCUT2D eigenvalue weighted by Crippen LogP contribution is -2.26. The van der Waals surface area contributed by atoms with E-state index in [1.165, 1.54) is 66.7 Å². The van der Waals surface area contributed by atoms with Crippen LogP contribution < -0.4 is 4.90 Å². The number of para-hydroxylation sites is 1. The van der Waals surface area contributed by atoms with Crippen LogP contribution in [0.2, 0.25) is 0 Å². The van der Waals surface area contributed by atoms with Crippen LogP contribution in [-0.4, -0.2) is 0 Å². The molecule has 0 saturated heterocycles. The second kappa shape index (κ2) is 9.75. The van der Waals surface area contributed by atoms with E-state index in [2.05, 4.69) is 132 Å². The zero-order valence-corrected chi connectivity index (χ0v) is 25.5. The van der Waals surface area contributed by atoms with E-state index in [1.54, 1.807) is 12.1 Å². The molecule has 0 unspecified atom stereocenters. The highest BCUT2D eigenvalue weighted by Crippen LogP contribution is 2.66. The Labute approximate surface area is 272 Å². The first-order valence-corrected chi connectivity index (χ1v) is 16.1. The third-order valence-electron chi connectivity index (χ3n) is 10.3. The highest BCUT2D eigenvalue weighted by Gasteiger charge is 2.53. The first kappa shape index (κ1) is 26.2. The van der Waals surface area contributed by atoms with E-state index in [0.29, 0.717) is 0 Å². The first-order chi connectivity index (χ1) is 23.2. The molecule has 0 aromatic heterocycles. The van der Waals surface area contributed by atoms with Gasteiger partial charge in [0.1, 0.15) is 5.82 Å². The molecule has 47 heavy (non-hydrogen) atoms. The van der Waals surface area contributed by atoms with Gasteiger partial charge in [0.25, 0.3) is 0 Å². The molecule has 0 fully saturated rings. The summed E-state index contributed by atoms with van der Waals surface area (Å²) >= 11 is 0. The molecule has 0 aliphatic heterocycles. The molecule has 0 N–H and O–H groups in total. The van der Waals surface area contributed by atoms with Gasteiger partial charge in [-0.05, 0) is 97.1 Å². The van der Waals surface area contributed by atoms with Crippen molar-refractivity contribution in [2.75, 3.05) is 4.90 Å². The molecule has 8 aromatic carbocycles. The van der Waals surface area contributed by atoms with E-state index in [1.807, 2.05) is 24.3 Å². The van der Waals surface area contributed by atoms with E-state index in [4.69, 9.17) is 0 Å². The molecule has 0 bridgehead atoms. The van der Waals surface area contributed by atoms with Crippen LogP contribution in [0, 0.1) is 5.82 Å². The number of anilines is 3. The Hall–Kier alpha value is -5.99. The van der Waals surface area contributed by atoms with Gasteiger partial charge in [0, 0.05) is 16.8 Å². The maximum absolute atomic E-state index is 15.0. The highest BCUT2D eigenvalue weighted by molar-refractivity contribution is 6.14. The molecule has 10 rings (SSSR count). The quantitative estimate of drug-likeness (QED) is 0.195. The van der Waals surface area contributed by atoms with E-state index >= 15 is 0 Å². The summed E-state index contributed by atoms with van der Waals surface area (Å²) in [5, 5.41) is 4.81. The topological polar surface area (TPSA) is 3.24 Å². The van der Waals surface area contributed by atoms with Crippen molar-refractivity contribution < 1.29 is 4.39 Å². The van der Waals surface area contributed by atoms with Crippen LogP contribution in [0.15, 0.2) is 170 Å². The molecule has 1 nitrogen and oxygen atoms in total. The normalized spacial score (nSPS) is 13.4. The van der Waals surface area contributed by atoms with Crippen molar-refractivity contribution in [2.45, 2.75) is 5.41 Å². The average Bonchev–Trinajstić information content (AvgIpc) is 3.60. The minimum Gasteiger partial charge on any atom is -0.310 e. The molecular formula is C45H28FN. The number of rotatable bonds is 3. The van der Waals surface area contributed by atoms with Gasteiger partial charge in [-0.2, -0.15) is 0 Å². The van der Waals surface area contributed by atoms with Crippen LogP contribution in [-0.2, 0) is 5.41 Å². The zero-order chi connectivity index (χ0) is 31.1. The van der Waals surface area contributed by atoms with E-state index < -0.39 is 5.41 Å². The number of benzene rings is 8. The zero-order valence-electron chi connectivity index (χ0n) is 25.5. The highest BCUT2D eigenvalue weighted by atomic mass is 19.1.